The Kier molecular flexibility index (Phi) is 5.44. The van der Waals surface area contributed by atoms with Crippen LogP contribution in [-0.2, 0) is 9.53 Å². The molecule has 0 radical (unpaired) electrons. The number of hydrogen-bond donors (Lipinski definition) is 2. The highest BCUT2D eigenvalue weighted by atomic mass is 19.4. The van der Waals surface area contributed by atoms with E-state index in [2.05, 4.69) is 0 Å². The summed E-state index contributed by atoms with van der Waals surface area (Å²) < 4.78 is 46.5. The number of aryl methyl sites for hydroxylation is 1. The van der Waals surface area contributed by atoms with Crippen LogP contribution >= 0.6 is 0 Å². The van der Waals surface area contributed by atoms with E-state index in [1.54, 1.807) is 18.3 Å². The average Bonchev–Trinajstić information content (AvgIpc) is 3.01. The van der Waals surface area contributed by atoms with Crippen molar-refractivity contribution in [1.82, 2.24) is 10.6 Å². The van der Waals surface area contributed by atoms with Crippen LogP contribution in [0.2, 0.25) is 0 Å². The van der Waals surface area contributed by atoms with Crippen molar-refractivity contribution in [3.63, 3.8) is 0 Å². The van der Waals surface area contributed by atoms with Gasteiger partial charge in [0.2, 0.25) is 5.76 Å². The first kappa shape index (κ1) is 20.2. The van der Waals surface area contributed by atoms with E-state index in [0.717, 1.165) is 10.8 Å². The highest BCUT2D eigenvalue weighted by Crippen LogP contribution is 2.32. The first-order valence-electron chi connectivity index (χ1n) is 8.38. The Labute approximate surface area is 161 Å². The molecule has 10 heteroatoms. The number of imide groups is 1. The van der Waals surface area contributed by atoms with E-state index in [1.807, 2.05) is 30.3 Å². The SMILES string of the molecule is Cc1c(C(=O)OCC(=O)NC(=O)NCC(F)(F)F)oc2c1ccc1ccccc12. The summed E-state index contributed by atoms with van der Waals surface area (Å²) in [6.07, 6.45) is -4.62. The third-order valence-corrected chi connectivity index (χ3v) is 4.05. The molecule has 0 atom stereocenters. The predicted octanol–water partition coefficient (Wildman–Crippen LogP) is 3.44. The number of alkyl halides is 3. The zero-order valence-corrected chi connectivity index (χ0v) is 15.1. The molecule has 7 nitrogen and oxygen atoms in total. The summed E-state index contributed by atoms with van der Waals surface area (Å²) in [5, 5.41) is 5.50. The fraction of sp³-hybridized carbons (Fsp3) is 0.211. The molecule has 2 N–H and O–H groups in total. The van der Waals surface area contributed by atoms with Gasteiger partial charge in [-0.3, -0.25) is 10.1 Å². The molecule has 3 aromatic rings. The van der Waals surface area contributed by atoms with Crippen molar-refractivity contribution < 1.29 is 36.7 Å². The molecule has 2 aromatic carbocycles. The summed E-state index contributed by atoms with van der Waals surface area (Å²) in [6, 6.07) is 9.73. The second kappa shape index (κ2) is 7.82. The van der Waals surface area contributed by atoms with E-state index in [-0.39, 0.29) is 5.76 Å². The second-order valence-corrected chi connectivity index (χ2v) is 6.14. The van der Waals surface area contributed by atoms with E-state index in [9.17, 15) is 27.6 Å². The molecule has 0 bridgehead atoms. The molecule has 0 aliphatic carbocycles. The minimum Gasteiger partial charge on any atom is -0.450 e. The molecule has 0 saturated carbocycles. The summed E-state index contributed by atoms with van der Waals surface area (Å²) in [5.74, 6) is -2.13. The molecule has 152 valence electrons. The molecule has 3 rings (SSSR count). The Morgan fingerprint density at radius 2 is 1.79 bits per heavy atom. The van der Waals surface area contributed by atoms with Crippen molar-refractivity contribution in [3.8, 4) is 0 Å². The van der Waals surface area contributed by atoms with E-state index < -0.39 is 37.2 Å². The van der Waals surface area contributed by atoms with Gasteiger partial charge in [0.1, 0.15) is 12.1 Å². The summed E-state index contributed by atoms with van der Waals surface area (Å²) in [5.41, 5.74) is 1.00. The molecular weight excluding hydrogens is 393 g/mol. The predicted molar refractivity (Wildman–Crippen MR) is 96.3 cm³/mol. The zero-order valence-electron chi connectivity index (χ0n) is 15.1. The van der Waals surface area contributed by atoms with Crippen LogP contribution in [0, 0.1) is 6.92 Å². The molecule has 0 fully saturated rings. The lowest BCUT2D eigenvalue weighted by Gasteiger charge is -2.09. The highest BCUT2D eigenvalue weighted by Gasteiger charge is 2.28. The van der Waals surface area contributed by atoms with E-state index in [1.165, 1.54) is 5.32 Å². The minimum atomic E-state index is -4.62. The summed E-state index contributed by atoms with van der Waals surface area (Å²) in [7, 11) is 0. The van der Waals surface area contributed by atoms with Crippen molar-refractivity contribution in [2.24, 2.45) is 0 Å². The molecule has 29 heavy (non-hydrogen) atoms. The molecule has 0 aliphatic heterocycles. The van der Waals surface area contributed by atoms with Crippen molar-refractivity contribution in [2.45, 2.75) is 13.1 Å². The maximum Gasteiger partial charge on any atom is 0.405 e. The number of benzene rings is 2. The van der Waals surface area contributed by atoms with Gasteiger partial charge in [0.05, 0.1) is 0 Å². The van der Waals surface area contributed by atoms with Crippen molar-refractivity contribution in [1.29, 1.82) is 0 Å². The number of halogens is 3. The van der Waals surface area contributed by atoms with Gasteiger partial charge in [0.25, 0.3) is 5.91 Å². The summed E-state index contributed by atoms with van der Waals surface area (Å²) in [6.45, 7) is -0.810. The van der Waals surface area contributed by atoms with Crippen molar-refractivity contribution in [3.05, 3.63) is 47.7 Å². The van der Waals surface area contributed by atoms with Gasteiger partial charge in [-0.2, -0.15) is 13.2 Å². The third kappa shape index (κ3) is 4.65. The molecule has 1 heterocycles. The number of amides is 3. The summed E-state index contributed by atoms with van der Waals surface area (Å²) in [4.78, 5) is 35.1. The number of carbonyl (C=O) groups excluding carboxylic acids is 3. The Morgan fingerprint density at radius 3 is 2.52 bits per heavy atom. The largest absolute Gasteiger partial charge is 0.450 e. The Morgan fingerprint density at radius 1 is 1.07 bits per heavy atom. The zero-order chi connectivity index (χ0) is 21.2. The van der Waals surface area contributed by atoms with Crippen LogP contribution in [0.4, 0.5) is 18.0 Å². The van der Waals surface area contributed by atoms with Gasteiger partial charge in [-0.15, -0.1) is 0 Å². The van der Waals surface area contributed by atoms with E-state index in [4.69, 9.17) is 9.15 Å². The number of fused-ring (bicyclic) bond motifs is 3. The van der Waals surface area contributed by atoms with Gasteiger partial charge < -0.3 is 14.5 Å². The number of rotatable bonds is 4. The maximum absolute atomic E-state index is 12.3. The maximum atomic E-state index is 12.3. The highest BCUT2D eigenvalue weighted by molar-refractivity contribution is 6.08. The average molecular weight is 408 g/mol. The summed E-state index contributed by atoms with van der Waals surface area (Å²) >= 11 is 0. The number of furan rings is 1. The lowest BCUT2D eigenvalue weighted by atomic mass is 10.1. The first-order valence-corrected chi connectivity index (χ1v) is 8.38. The Hall–Kier alpha value is -3.56. The van der Waals surface area contributed by atoms with Gasteiger partial charge in [0.15, 0.2) is 6.61 Å². The van der Waals surface area contributed by atoms with Crippen LogP contribution in [0.15, 0.2) is 40.8 Å². The van der Waals surface area contributed by atoms with Crippen molar-refractivity contribution >= 4 is 39.6 Å². The number of carbonyl (C=O) groups is 3. The van der Waals surface area contributed by atoms with Gasteiger partial charge in [-0.1, -0.05) is 36.4 Å². The number of urea groups is 1. The van der Waals surface area contributed by atoms with Gasteiger partial charge in [0, 0.05) is 16.3 Å². The standard InChI is InChI=1S/C19H15F3N2O5/c1-10-12-7-6-11-4-2-3-5-13(11)16(12)29-15(10)17(26)28-8-14(25)24-18(27)23-9-19(20,21)22/h2-7H,8-9H2,1H3,(H2,23,24,25,27). The lowest BCUT2D eigenvalue weighted by Crippen LogP contribution is -2.44. The smallest absolute Gasteiger partial charge is 0.405 e. The molecule has 0 saturated heterocycles. The molecule has 0 spiro atoms. The molecule has 0 unspecified atom stereocenters. The molecule has 3 amide bonds. The number of esters is 1. The van der Waals surface area contributed by atoms with Gasteiger partial charge >= 0.3 is 18.2 Å². The third-order valence-electron chi connectivity index (χ3n) is 4.05. The minimum absolute atomic E-state index is 0.106. The quantitative estimate of drug-likeness (QED) is 0.645. The fourth-order valence-corrected chi connectivity index (χ4v) is 2.73. The number of hydrogen-bond acceptors (Lipinski definition) is 5. The Balaban J connectivity index is 1.66. The first-order chi connectivity index (χ1) is 13.7. The monoisotopic (exact) mass is 408 g/mol. The second-order valence-electron chi connectivity index (χ2n) is 6.14. The van der Waals surface area contributed by atoms with Crippen LogP contribution < -0.4 is 10.6 Å². The molecule has 0 aliphatic rings. The van der Waals surface area contributed by atoms with Crippen LogP contribution in [0.5, 0.6) is 0 Å². The molecular formula is C19H15F3N2O5. The Bertz CT molecular complexity index is 1100. The number of nitrogens with one attached hydrogen (secondary N) is 2. The van der Waals surface area contributed by atoms with Crippen LogP contribution in [0.3, 0.4) is 0 Å². The van der Waals surface area contributed by atoms with E-state index in [0.29, 0.717) is 16.5 Å². The van der Waals surface area contributed by atoms with Crippen molar-refractivity contribution in [2.75, 3.05) is 13.2 Å². The number of ether oxygens (including phenoxy) is 1. The van der Waals surface area contributed by atoms with Gasteiger partial charge in [-0.25, -0.2) is 9.59 Å². The normalized spacial score (nSPS) is 11.4. The topological polar surface area (TPSA) is 97.6 Å². The lowest BCUT2D eigenvalue weighted by molar-refractivity contribution is -0.125. The van der Waals surface area contributed by atoms with Crippen LogP contribution in [-0.4, -0.2) is 37.2 Å². The van der Waals surface area contributed by atoms with Crippen LogP contribution in [0.1, 0.15) is 16.1 Å². The molecule has 1 aromatic heterocycles. The fourth-order valence-electron chi connectivity index (χ4n) is 2.73. The van der Waals surface area contributed by atoms with E-state index >= 15 is 0 Å². The van der Waals surface area contributed by atoms with Crippen LogP contribution in [0.25, 0.3) is 21.7 Å². The van der Waals surface area contributed by atoms with Gasteiger partial charge in [-0.05, 0) is 12.3 Å².